The van der Waals surface area contributed by atoms with Crippen LogP contribution in [0.2, 0.25) is 0 Å². The Morgan fingerprint density at radius 3 is 0.637 bits per heavy atom. The van der Waals surface area contributed by atoms with Crippen LogP contribution in [0, 0.1) is 0 Å². The van der Waals surface area contributed by atoms with E-state index in [0.717, 1.165) is 64.2 Å². The van der Waals surface area contributed by atoms with Crippen LogP contribution in [0.5, 0.6) is 0 Å². The van der Waals surface area contributed by atoms with Crippen molar-refractivity contribution in [3.63, 3.8) is 0 Å². The number of unbranched alkanes of at least 4 members (excludes halogenated alkanes) is 56. The predicted molar refractivity (Wildman–Crippen MR) is 349 cm³/mol. The largest absolute Gasteiger partial charge is 0.462 e. The summed E-state index contributed by atoms with van der Waals surface area (Å²) in [6.45, 7) is 6.71. The van der Waals surface area contributed by atoms with Crippen molar-refractivity contribution in [2.45, 2.75) is 431 Å². The molecule has 0 radical (unpaired) electrons. The number of rotatable bonds is 69. The van der Waals surface area contributed by atoms with Crippen LogP contribution >= 0.6 is 0 Å². The van der Waals surface area contributed by atoms with E-state index in [4.69, 9.17) is 14.2 Å². The molecule has 0 saturated carbocycles. The number of carbonyl (C=O) groups excluding carboxylic acids is 3. The molecule has 0 aliphatic heterocycles. The zero-order valence-electron chi connectivity index (χ0n) is 54.6. The fourth-order valence-electron chi connectivity index (χ4n) is 11.5. The highest BCUT2D eigenvalue weighted by Crippen LogP contribution is 2.19. The quantitative estimate of drug-likeness (QED) is 0.0261. The van der Waals surface area contributed by atoms with Gasteiger partial charge in [0.25, 0.3) is 0 Å². The monoisotopic (exact) mass is 1130 g/mol. The summed E-state index contributed by atoms with van der Waals surface area (Å²) in [6.07, 6.45) is 84.1. The van der Waals surface area contributed by atoms with Crippen molar-refractivity contribution in [2.24, 2.45) is 0 Å². The molecule has 0 aromatic carbocycles. The molecule has 6 nitrogen and oxygen atoms in total. The average molecular weight is 1130 g/mol. The zero-order chi connectivity index (χ0) is 57.8. The lowest BCUT2D eigenvalue weighted by molar-refractivity contribution is -0.167. The Morgan fingerprint density at radius 1 is 0.237 bits per heavy atom. The number of hydrogen-bond acceptors (Lipinski definition) is 6. The van der Waals surface area contributed by atoms with Crippen molar-refractivity contribution >= 4 is 17.9 Å². The van der Waals surface area contributed by atoms with Crippen molar-refractivity contribution in [3.8, 4) is 0 Å². The molecule has 0 heterocycles. The van der Waals surface area contributed by atoms with Gasteiger partial charge in [0.2, 0.25) is 0 Å². The molecule has 0 aromatic heterocycles. The molecule has 0 amide bonds. The zero-order valence-corrected chi connectivity index (χ0v) is 54.6. The highest BCUT2D eigenvalue weighted by Gasteiger charge is 2.20. The van der Waals surface area contributed by atoms with Crippen molar-refractivity contribution in [1.82, 2.24) is 0 Å². The van der Waals surface area contributed by atoms with Gasteiger partial charge in [0.15, 0.2) is 6.10 Å². The summed E-state index contributed by atoms with van der Waals surface area (Å²) >= 11 is 0. The van der Waals surface area contributed by atoms with E-state index >= 15 is 0 Å². The van der Waals surface area contributed by atoms with Gasteiger partial charge in [-0.05, 0) is 44.9 Å². The predicted octanol–water partition coefficient (Wildman–Crippen LogP) is 25.2. The maximum atomic E-state index is 12.9. The molecule has 474 valence electrons. The third kappa shape index (κ3) is 66.9. The van der Waals surface area contributed by atoms with E-state index in [1.807, 2.05) is 0 Å². The lowest BCUT2D eigenvalue weighted by Crippen LogP contribution is -2.30. The third-order valence-electron chi connectivity index (χ3n) is 17.0. The van der Waals surface area contributed by atoms with Gasteiger partial charge in [-0.2, -0.15) is 0 Å². The maximum Gasteiger partial charge on any atom is 0.306 e. The van der Waals surface area contributed by atoms with Crippen LogP contribution in [0.1, 0.15) is 425 Å². The van der Waals surface area contributed by atoms with Crippen molar-refractivity contribution < 1.29 is 28.6 Å². The van der Waals surface area contributed by atoms with Gasteiger partial charge in [0.05, 0.1) is 0 Å². The third-order valence-corrected chi connectivity index (χ3v) is 17.0. The van der Waals surface area contributed by atoms with Crippen molar-refractivity contribution in [2.75, 3.05) is 13.2 Å². The molecule has 0 saturated heterocycles. The van der Waals surface area contributed by atoms with Crippen LogP contribution in [-0.4, -0.2) is 37.2 Å². The standard InChI is InChI=1S/C74H142O6/c1-4-7-10-13-16-19-22-25-27-29-30-31-32-33-34-35-36-37-38-39-40-41-42-43-45-46-49-52-55-58-61-64-67-73(76)79-70-71(69-78-72(75)66-63-60-57-54-51-48-24-21-18-15-12-9-6-3)80-74(77)68-65-62-59-56-53-50-47-44-28-26-23-20-17-14-11-8-5-2/h21,24,71H,4-20,22-23,25-70H2,1-3H3/b24-21-. The van der Waals surface area contributed by atoms with Crippen molar-refractivity contribution in [1.29, 1.82) is 0 Å². The summed E-state index contributed by atoms with van der Waals surface area (Å²) in [5.74, 6) is -0.840. The Labute approximate surface area is 501 Å². The molecule has 6 heteroatoms. The molecule has 0 fully saturated rings. The molecule has 0 spiro atoms. The van der Waals surface area contributed by atoms with Gasteiger partial charge in [-0.15, -0.1) is 0 Å². The second kappa shape index (κ2) is 69.6. The first-order chi connectivity index (χ1) is 39.5. The van der Waals surface area contributed by atoms with Gasteiger partial charge in [-0.1, -0.05) is 373 Å². The van der Waals surface area contributed by atoms with Crippen LogP contribution in [0.15, 0.2) is 12.2 Å². The summed E-state index contributed by atoms with van der Waals surface area (Å²) in [5.41, 5.74) is 0. The molecule has 0 aromatic rings. The Kier molecular flexibility index (Phi) is 68.0. The Balaban J connectivity index is 4.08. The van der Waals surface area contributed by atoms with Crippen molar-refractivity contribution in [3.05, 3.63) is 12.2 Å². The lowest BCUT2D eigenvalue weighted by atomic mass is 10.0. The lowest BCUT2D eigenvalue weighted by Gasteiger charge is -2.18. The summed E-state index contributed by atoms with van der Waals surface area (Å²) in [4.78, 5) is 38.4. The smallest absolute Gasteiger partial charge is 0.306 e. The van der Waals surface area contributed by atoms with Gasteiger partial charge in [0, 0.05) is 19.3 Å². The molecular formula is C74H142O6. The Morgan fingerprint density at radius 2 is 0.412 bits per heavy atom. The minimum absolute atomic E-state index is 0.0658. The molecule has 1 atom stereocenters. The summed E-state index contributed by atoms with van der Waals surface area (Å²) in [7, 11) is 0. The van der Waals surface area contributed by atoms with Crippen LogP contribution in [0.3, 0.4) is 0 Å². The van der Waals surface area contributed by atoms with E-state index in [1.54, 1.807) is 0 Å². The Bertz CT molecular complexity index is 1250. The number of hydrogen-bond donors (Lipinski definition) is 0. The number of carbonyl (C=O) groups is 3. The highest BCUT2D eigenvalue weighted by atomic mass is 16.6. The second-order valence-electron chi connectivity index (χ2n) is 25.2. The fourth-order valence-corrected chi connectivity index (χ4v) is 11.5. The van der Waals surface area contributed by atoms with E-state index in [0.29, 0.717) is 19.3 Å². The summed E-state index contributed by atoms with van der Waals surface area (Å²) < 4.78 is 17.0. The van der Waals surface area contributed by atoms with Crippen LogP contribution in [0.4, 0.5) is 0 Å². The number of ether oxygens (including phenoxy) is 3. The van der Waals surface area contributed by atoms with Gasteiger partial charge >= 0.3 is 17.9 Å². The molecule has 0 N–H and O–H groups in total. The minimum atomic E-state index is -0.769. The van der Waals surface area contributed by atoms with Gasteiger partial charge < -0.3 is 14.2 Å². The van der Waals surface area contributed by atoms with E-state index in [2.05, 4.69) is 32.9 Å². The summed E-state index contributed by atoms with van der Waals surface area (Å²) in [5, 5.41) is 0. The first-order valence-corrected chi connectivity index (χ1v) is 36.7. The average Bonchev–Trinajstić information content (AvgIpc) is 3.46. The number of allylic oxidation sites excluding steroid dienone is 2. The number of esters is 3. The molecular weight excluding hydrogens is 985 g/mol. The topological polar surface area (TPSA) is 78.9 Å². The van der Waals surface area contributed by atoms with Crippen LogP contribution in [0.25, 0.3) is 0 Å². The molecule has 80 heavy (non-hydrogen) atoms. The van der Waals surface area contributed by atoms with Gasteiger partial charge in [-0.25, -0.2) is 0 Å². The molecule has 1 unspecified atom stereocenters. The minimum Gasteiger partial charge on any atom is -0.462 e. The van der Waals surface area contributed by atoms with Gasteiger partial charge in [0.1, 0.15) is 13.2 Å². The van der Waals surface area contributed by atoms with E-state index in [1.165, 1.54) is 321 Å². The molecule has 0 aliphatic rings. The Hall–Kier alpha value is -1.85. The van der Waals surface area contributed by atoms with E-state index in [-0.39, 0.29) is 31.1 Å². The molecule has 0 bridgehead atoms. The molecule has 0 rings (SSSR count). The molecule has 0 aliphatic carbocycles. The van der Waals surface area contributed by atoms with E-state index in [9.17, 15) is 14.4 Å². The van der Waals surface area contributed by atoms with Crippen LogP contribution < -0.4 is 0 Å². The van der Waals surface area contributed by atoms with Gasteiger partial charge in [-0.3, -0.25) is 14.4 Å². The first-order valence-electron chi connectivity index (χ1n) is 36.7. The normalized spacial score (nSPS) is 12.0. The SMILES string of the molecule is CCCCCC/C=C\CCCCCCCC(=O)OCC(COC(=O)CCCCCCCCCCCCCCCCCCCCCCCCCCCCCCCCCC)OC(=O)CCCCCCCCCCCCCCCCCCC. The van der Waals surface area contributed by atoms with E-state index < -0.39 is 6.10 Å². The van der Waals surface area contributed by atoms with Crippen LogP contribution in [-0.2, 0) is 28.6 Å². The second-order valence-corrected chi connectivity index (χ2v) is 25.2. The fraction of sp³-hybridized carbons (Fsp3) is 0.932. The first kappa shape index (κ1) is 78.1. The summed E-state index contributed by atoms with van der Waals surface area (Å²) in [6, 6.07) is 0. The highest BCUT2D eigenvalue weighted by molar-refractivity contribution is 5.71. The maximum absolute atomic E-state index is 12.9.